The highest BCUT2D eigenvalue weighted by atomic mass is 16.6. The molecule has 0 fully saturated rings. The highest BCUT2D eigenvalue weighted by molar-refractivity contribution is 6.01. The number of anilines is 2. The van der Waals surface area contributed by atoms with E-state index in [-0.39, 0.29) is 29.3 Å². The van der Waals surface area contributed by atoms with E-state index in [9.17, 15) is 24.0 Å². The summed E-state index contributed by atoms with van der Waals surface area (Å²) in [6.45, 7) is 23.9. The molecule has 0 bridgehead atoms. The fourth-order valence-electron chi connectivity index (χ4n) is 13.7. The number of carbonyl (C=O) groups is 5. The topological polar surface area (TPSA) is 343 Å². The van der Waals surface area contributed by atoms with Gasteiger partial charge in [0.15, 0.2) is 0 Å². The van der Waals surface area contributed by atoms with Crippen LogP contribution in [-0.4, -0.2) is 364 Å². The van der Waals surface area contributed by atoms with Crippen molar-refractivity contribution < 1.29 is 138 Å². The zero-order chi connectivity index (χ0) is 96.6. The van der Waals surface area contributed by atoms with Crippen molar-refractivity contribution in [3.05, 3.63) is 155 Å². The molecule has 0 atom stereocenters. The van der Waals surface area contributed by atoms with Gasteiger partial charge in [-0.15, -0.1) is 0 Å². The van der Waals surface area contributed by atoms with Crippen LogP contribution in [0.15, 0.2) is 128 Å². The van der Waals surface area contributed by atoms with Gasteiger partial charge in [-0.05, 0) is 98.2 Å². The van der Waals surface area contributed by atoms with Crippen molar-refractivity contribution in [2.45, 2.75) is 90.1 Å². The number of benzene rings is 5. The molecule has 0 aliphatic carbocycles. The zero-order valence-corrected chi connectivity index (χ0v) is 81.2. The zero-order valence-electron chi connectivity index (χ0n) is 81.2. The second kappa shape index (κ2) is 79.3. The average molecular weight is 1920 g/mol. The van der Waals surface area contributed by atoms with E-state index >= 15 is 0 Å². The first kappa shape index (κ1) is 116. The molecular weight excluding hydrogens is 1770 g/mol. The molecule has 0 unspecified atom stereocenters. The number of methoxy groups -OCH3 is 2. The van der Waals surface area contributed by atoms with E-state index in [2.05, 4.69) is 17.2 Å². The van der Waals surface area contributed by atoms with Crippen LogP contribution >= 0.6 is 0 Å². The van der Waals surface area contributed by atoms with Gasteiger partial charge in [-0.2, -0.15) is 5.10 Å². The molecule has 5 aromatic carbocycles. The number of nitrogens with zero attached hydrogens (tertiary/aromatic N) is 4. The van der Waals surface area contributed by atoms with Gasteiger partial charge in [0, 0.05) is 113 Å². The number of aromatic nitrogens is 2. The molecule has 2 aliphatic rings. The lowest BCUT2D eigenvalue weighted by molar-refractivity contribution is -0.121. The summed E-state index contributed by atoms with van der Waals surface area (Å²) in [6.07, 6.45) is 8.40. The second-order valence-corrected chi connectivity index (χ2v) is 31.2. The quantitative estimate of drug-likeness (QED) is 0.0274. The summed E-state index contributed by atoms with van der Waals surface area (Å²) in [5.41, 5.74) is 10.4. The Bertz CT molecular complexity index is 4170. The highest BCUT2D eigenvalue weighted by Gasteiger charge is 2.29. The van der Waals surface area contributed by atoms with E-state index in [4.69, 9.17) is 119 Å². The Labute approximate surface area is 809 Å². The number of amides is 3. The molecule has 0 spiro atoms. The molecule has 137 heavy (non-hydrogen) atoms. The molecule has 34 nitrogen and oxygen atoms in total. The van der Waals surface area contributed by atoms with Gasteiger partial charge in [-0.25, -0.2) is 4.68 Å². The lowest BCUT2D eigenvalue weighted by atomic mass is 9.93. The van der Waals surface area contributed by atoms with Gasteiger partial charge in [-0.1, -0.05) is 84.6 Å². The number of fused-ring (bicyclic) bond motifs is 7. The van der Waals surface area contributed by atoms with Crippen molar-refractivity contribution in [2.75, 3.05) is 335 Å². The fraction of sp³-hybridized carbons (Fsp3) is 0.612. The number of rotatable bonds is 86. The van der Waals surface area contributed by atoms with E-state index in [0.717, 1.165) is 61.7 Å². The number of unbranched alkanes of at least 4 members (excludes halogenated alkanes) is 2. The second-order valence-electron chi connectivity index (χ2n) is 31.2. The van der Waals surface area contributed by atoms with Crippen LogP contribution in [0, 0.1) is 11.8 Å². The number of Topliss-reactive ketones (excluding diaryl/α,β-unsaturated/α-hetero) is 2. The van der Waals surface area contributed by atoms with Crippen molar-refractivity contribution in [2.24, 2.45) is 0 Å². The Morgan fingerprint density at radius 3 is 0.927 bits per heavy atom. The third kappa shape index (κ3) is 53.2. The third-order valence-corrected chi connectivity index (χ3v) is 20.9. The summed E-state index contributed by atoms with van der Waals surface area (Å²) in [5, 5.41) is 7.69. The van der Waals surface area contributed by atoms with Crippen molar-refractivity contribution in [1.29, 1.82) is 0 Å². The first-order chi connectivity index (χ1) is 67.7. The summed E-state index contributed by atoms with van der Waals surface area (Å²) in [5.74, 6) is 6.74. The minimum atomic E-state index is -0.155. The predicted molar refractivity (Wildman–Crippen MR) is 516 cm³/mol. The van der Waals surface area contributed by atoms with Crippen molar-refractivity contribution >= 4 is 40.7 Å². The van der Waals surface area contributed by atoms with Gasteiger partial charge in [0.05, 0.1) is 321 Å². The van der Waals surface area contributed by atoms with Crippen LogP contribution in [0.1, 0.15) is 110 Å². The van der Waals surface area contributed by atoms with Gasteiger partial charge in [0.1, 0.15) is 17.3 Å². The predicted octanol–water partition coefficient (Wildman–Crippen LogP) is 10.8. The molecule has 0 radical (unpaired) electrons. The fourth-order valence-corrected chi connectivity index (χ4v) is 13.7. The molecule has 2 aliphatic heterocycles. The number of carbonyl (C=O) groups excluding carboxylic acids is 5. The van der Waals surface area contributed by atoms with Crippen LogP contribution in [0.4, 0.5) is 11.4 Å². The summed E-state index contributed by atoms with van der Waals surface area (Å²) >= 11 is 0. The van der Waals surface area contributed by atoms with Crippen LogP contribution in [0.5, 0.6) is 0 Å². The van der Waals surface area contributed by atoms with Gasteiger partial charge in [0.2, 0.25) is 11.8 Å². The summed E-state index contributed by atoms with van der Waals surface area (Å²) < 4.78 is 133. The lowest BCUT2D eigenvalue weighted by Crippen LogP contribution is -2.31. The van der Waals surface area contributed by atoms with Gasteiger partial charge < -0.3 is 129 Å². The highest BCUT2D eigenvalue weighted by Crippen LogP contribution is 2.42. The van der Waals surface area contributed by atoms with Crippen molar-refractivity contribution in [1.82, 2.24) is 15.1 Å². The molecule has 762 valence electrons. The number of hydrogen-bond donors (Lipinski definition) is 1. The Morgan fingerprint density at radius 1 is 0.285 bits per heavy atom. The molecule has 34 heteroatoms. The van der Waals surface area contributed by atoms with Gasteiger partial charge in [0.25, 0.3) is 5.91 Å². The van der Waals surface area contributed by atoms with E-state index in [1.165, 1.54) is 0 Å². The largest absolute Gasteiger partial charge is 0.382 e. The minimum Gasteiger partial charge on any atom is -0.382 e. The van der Waals surface area contributed by atoms with Crippen molar-refractivity contribution in [3.63, 3.8) is 0 Å². The maximum absolute atomic E-state index is 14.0. The van der Waals surface area contributed by atoms with Gasteiger partial charge in [-0.3, -0.25) is 24.0 Å². The number of ketones is 2. The molecule has 3 heterocycles. The molecule has 1 aromatic heterocycles. The maximum Gasteiger partial charge on any atom is 0.251 e. The van der Waals surface area contributed by atoms with Gasteiger partial charge >= 0.3 is 0 Å². The van der Waals surface area contributed by atoms with E-state index in [1.54, 1.807) is 33.4 Å². The average Bonchev–Trinajstić information content (AvgIpc) is 1.63. The number of hydrogen-bond acceptors (Lipinski definition) is 30. The van der Waals surface area contributed by atoms with Crippen LogP contribution < -0.4 is 15.1 Å². The number of ether oxygens (including phenoxy) is 24. The van der Waals surface area contributed by atoms with Crippen molar-refractivity contribution in [3.8, 4) is 39.9 Å². The van der Waals surface area contributed by atoms with Crippen LogP contribution in [-0.2, 0) is 146 Å². The number of para-hydroxylation sites is 2. The molecule has 3 amide bonds. The maximum atomic E-state index is 14.0. The molecule has 0 saturated heterocycles. The van der Waals surface area contributed by atoms with E-state index < -0.39 is 0 Å². The van der Waals surface area contributed by atoms with E-state index in [0.29, 0.717) is 400 Å². The summed E-state index contributed by atoms with van der Waals surface area (Å²) in [4.78, 5) is 68.3. The Kier molecular flexibility index (Phi) is 67.0. The monoisotopic (exact) mass is 1920 g/mol. The molecule has 0 saturated carbocycles. The summed E-state index contributed by atoms with van der Waals surface area (Å²) in [7, 11) is 4.89. The van der Waals surface area contributed by atoms with E-state index in [1.807, 2.05) is 130 Å². The standard InChI is InChI=1S/C56H80N4O15.C47H71NO14/c1-57-56(63)46-17-19-48(20-18-46)60-45-52-51-14-6-7-15-53(51)59(44-47-10-3-5-13-50(47)55(52)58-60)54(62)16-8-4-11-49(61)12-9-21-65-24-25-67-28-29-69-32-33-71-36-37-73-40-41-75-43-42-74-39-38-72-35-34-70-31-30-68-27-26-66-23-22-64-2;1-51-19-20-53-23-24-55-27-28-57-31-32-59-35-36-61-39-40-62-38-37-60-34-33-58-30-29-56-26-25-54-22-21-52-18-8-13-45(49)12-5-7-15-47(50)48-41-44-11-3-2-9-42(44)16-17-43-10-4-6-14-46(43)48/h3,5-7,10,13-15,17-20,45H,4,8-9,11-12,16,21-44H2,1-2H3,(H,57,63);2-4,6,9-11,14H,5,7-8,12-13,15,18-41H2,1H3. The Hall–Kier alpha value is -8.34. The molecule has 1 N–H and O–H groups in total. The normalized spacial score (nSPS) is 12.0. The van der Waals surface area contributed by atoms with Crippen LogP contribution in [0.25, 0.3) is 28.1 Å². The lowest BCUT2D eigenvalue weighted by Gasteiger charge is -2.28. The first-order valence-corrected chi connectivity index (χ1v) is 48.3. The molecular formula is C103H151N5O29. The minimum absolute atomic E-state index is 0.00408. The molecule has 8 rings (SSSR count). The van der Waals surface area contributed by atoms with Crippen LogP contribution in [0.3, 0.4) is 0 Å². The number of nitrogens with one attached hydrogen (secondary N) is 1. The summed E-state index contributed by atoms with van der Waals surface area (Å²) in [6, 6.07) is 39.0. The Balaban J connectivity index is 0.000000380. The smallest absolute Gasteiger partial charge is 0.251 e. The third-order valence-electron chi connectivity index (χ3n) is 20.9. The first-order valence-electron chi connectivity index (χ1n) is 48.3. The SMILES string of the molecule is CNC(=O)c1ccc(-n2cc3c(n2)-c2ccccc2CN(C(=O)CCCCC(=O)CCCOCCOCCOCCOCCOCCOCCOCCOCCOCCOCCOCCOC)c2ccccc2-3)cc1.COCCOCCOCCOCCOCCOCCOCCOCCOCCOCCOCCOCCCC(=O)CCCCC(=O)N1Cc2ccccc2C#Cc2ccccc21. The van der Waals surface area contributed by atoms with Crippen LogP contribution in [0.2, 0.25) is 0 Å². The molecule has 6 aromatic rings. The Morgan fingerprint density at radius 2 is 0.562 bits per heavy atom.